The molecule has 4 heteroatoms. The Morgan fingerprint density at radius 3 is 1.48 bits per heavy atom. The van der Waals surface area contributed by atoms with Crippen molar-refractivity contribution in [2.45, 2.75) is 0 Å². The van der Waals surface area contributed by atoms with Gasteiger partial charge >= 0.3 is 0 Å². The summed E-state index contributed by atoms with van der Waals surface area (Å²) in [5.41, 5.74) is 11.0. The van der Waals surface area contributed by atoms with Gasteiger partial charge in [0.25, 0.3) is 0 Å². The van der Waals surface area contributed by atoms with Crippen molar-refractivity contribution in [3.8, 4) is 34.0 Å². The maximum atomic E-state index is 5.57. The summed E-state index contributed by atoms with van der Waals surface area (Å²) >= 11 is 0. The Bertz CT molecular complexity index is 4500. The predicted molar refractivity (Wildman–Crippen MR) is 278 cm³/mol. The van der Waals surface area contributed by atoms with E-state index in [1.807, 2.05) is 0 Å². The van der Waals surface area contributed by atoms with Gasteiger partial charge in [-0.05, 0) is 107 Å². The van der Waals surface area contributed by atoms with Crippen molar-refractivity contribution in [2.75, 3.05) is 0 Å². The summed E-state index contributed by atoms with van der Waals surface area (Å²) in [6.07, 6.45) is 0. The maximum Gasteiger partial charge on any atom is 0.235 e. The van der Waals surface area contributed by atoms with Gasteiger partial charge in [-0.1, -0.05) is 176 Å². The van der Waals surface area contributed by atoms with Crippen molar-refractivity contribution in [3.05, 3.63) is 218 Å². The van der Waals surface area contributed by atoms with Crippen LogP contribution >= 0.6 is 0 Å². The van der Waals surface area contributed by atoms with E-state index in [2.05, 4.69) is 228 Å². The summed E-state index contributed by atoms with van der Waals surface area (Å²) in [4.78, 5) is 11.0. The molecule has 0 spiro atoms. The number of nitrogens with zero attached hydrogens (tertiary/aromatic N) is 4. The molecule has 66 heavy (non-hydrogen) atoms. The molecule has 0 fully saturated rings. The molecule has 12 aromatic carbocycles. The molecule has 3 aromatic heterocycles. The van der Waals surface area contributed by atoms with Crippen molar-refractivity contribution in [2.24, 2.45) is 0 Å². The molecule has 0 aliphatic carbocycles. The number of rotatable bonds is 4. The van der Waals surface area contributed by atoms with Crippen LogP contribution in [0.2, 0.25) is 0 Å². The predicted octanol–water partition coefficient (Wildman–Crippen LogP) is 16.4. The SMILES string of the molecule is c1ccc(-n2c3ccccc3c3c4cccc5c6cccc7c6c(cc6c7c7ccccc7n6-c6nc(-c7ccc(-c8cccc9ccccc89)cc7)c7ccccc7n6)c(cc32)c54)cc1. The number of para-hydroxylation sites is 4. The highest BCUT2D eigenvalue weighted by Gasteiger charge is 2.24. The van der Waals surface area contributed by atoms with E-state index in [-0.39, 0.29) is 0 Å². The highest BCUT2D eigenvalue weighted by atomic mass is 15.2. The molecule has 0 unspecified atom stereocenters. The third-order valence-electron chi connectivity index (χ3n) is 14.2. The third kappa shape index (κ3) is 4.82. The monoisotopic (exact) mass is 836 g/mol. The first-order valence-electron chi connectivity index (χ1n) is 22.7. The van der Waals surface area contributed by atoms with E-state index in [1.54, 1.807) is 0 Å². The standard InChI is InChI=1S/C62H36N4/c1-2-17-40(18-3-1)65-53-29-10-7-21-46(53)59-48-26-13-24-43-44-25-14-27-49-58(44)51(50(57(43)48)35-55(59)65)36-56-60(49)47-22-8-11-30-54(47)66(56)62-63-52-28-9-6-20-45(52)61(64-62)39-33-31-38(32-34-39)42-23-12-16-37-15-4-5-19-41(37)42/h1-36H. The van der Waals surface area contributed by atoms with Crippen LogP contribution in [0.3, 0.4) is 0 Å². The molecule has 0 saturated heterocycles. The normalized spacial score (nSPS) is 12.2. The van der Waals surface area contributed by atoms with Crippen molar-refractivity contribution in [1.29, 1.82) is 0 Å². The highest BCUT2D eigenvalue weighted by molar-refractivity contribution is 6.41. The van der Waals surface area contributed by atoms with Crippen LogP contribution in [-0.2, 0) is 0 Å². The molecule has 0 bridgehead atoms. The van der Waals surface area contributed by atoms with Gasteiger partial charge in [0.1, 0.15) is 0 Å². The average molecular weight is 837 g/mol. The molecule has 0 saturated carbocycles. The maximum absolute atomic E-state index is 5.57. The van der Waals surface area contributed by atoms with Crippen LogP contribution < -0.4 is 0 Å². The van der Waals surface area contributed by atoms with Crippen molar-refractivity contribution in [3.63, 3.8) is 0 Å². The topological polar surface area (TPSA) is 35.6 Å². The van der Waals surface area contributed by atoms with Crippen molar-refractivity contribution < 1.29 is 0 Å². The van der Waals surface area contributed by atoms with E-state index in [0.717, 1.165) is 38.9 Å². The number of aromatic nitrogens is 4. The van der Waals surface area contributed by atoms with Gasteiger partial charge in [-0.15, -0.1) is 0 Å². The zero-order valence-electron chi connectivity index (χ0n) is 35.6. The number of benzene rings is 12. The van der Waals surface area contributed by atoms with E-state index in [4.69, 9.17) is 9.97 Å². The molecule has 0 aliphatic heterocycles. The molecule has 15 aromatic rings. The fourth-order valence-corrected chi connectivity index (χ4v) is 11.5. The summed E-state index contributed by atoms with van der Waals surface area (Å²) < 4.78 is 4.75. The quantitative estimate of drug-likeness (QED) is 0.131. The van der Waals surface area contributed by atoms with E-state index in [1.165, 1.54) is 97.6 Å². The summed E-state index contributed by atoms with van der Waals surface area (Å²) in [5.74, 6) is 0.650. The molecule has 4 nitrogen and oxygen atoms in total. The van der Waals surface area contributed by atoms with Crippen LogP contribution in [-0.4, -0.2) is 19.1 Å². The van der Waals surface area contributed by atoms with Crippen LogP contribution in [0.25, 0.3) is 142 Å². The fourth-order valence-electron chi connectivity index (χ4n) is 11.5. The van der Waals surface area contributed by atoms with Gasteiger partial charge in [0.05, 0.1) is 33.3 Å². The second kappa shape index (κ2) is 13.3. The molecule has 0 aliphatic rings. The van der Waals surface area contributed by atoms with Gasteiger partial charge < -0.3 is 4.57 Å². The first-order chi connectivity index (χ1) is 32.8. The lowest BCUT2D eigenvalue weighted by molar-refractivity contribution is 1.01. The molecule has 0 atom stereocenters. The first kappa shape index (κ1) is 35.6. The Balaban J connectivity index is 1.04. The minimum Gasteiger partial charge on any atom is -0.309 e. The summed E-state index contributed by atoms with van der Waals surface area (Å²) in [5, 5.41) is 18.5. The zero-order chi connectivity index (χ0) is 43.0. The van der Waals surface area contributed by atoms with Gasteiger partial charge in [-0.2, -0.15) is 0 Å². The lowest BCUT2D eigenvalue weighted by Gasteiger charge is -2.17. The van der Waals surface area contributed by atoms with E-state index >= 15 is 0 Å². The van der Waals surface area contributed by atoms with Gasteiger partial charge in [0.15, 0.2) is 0 Å². The van der Waals surface area contributed by atoms with Gasteiger partial charge in [-0.25, -0.2) is 9.97 Å². The second-order valence-electron chi connectivity index (χ2n) is 17.6. The van der Waals surface area contributed by atoms with Crippen LogP contribution in [0.5, 0.6) is 0 Å². The molecule has 0 radical (unpaired) electrons. The smallest absolute Gasteiger partial charge is 0.235 e. The Hall–Kier alpha value is -8.86. The van der Waals surface area contributed by atoms with Crippen LogP contribution in [0, 0.1) is 0 Å². The lowest BCUT2D eigenvalue weighted by Crippen LogP contribution is -2.03. The average Bonchev–Trinajstić information content (AvgIpc) is 3.90. The molecular weight excluding hydrogens is 801 g/mol. The number of hydrogen-bond acceptors (Lipinski definition) is 2. The minimum atomic E-state index is 0.650. The van der Waals surface area contributed by atoms with Gasteiger partial charge in [-0.3, -0.25) is 4.57 Å². The summed E-state index contributed by atoms with van der Waals surface area (Å²) in [6.45, 7) is 0. The lowest BCUT2D eigenvalue weighted by atomic mass is 9.87. The molecule has 3 heterocycles. The van der Waals surface area contributed by atoms with E-state index in [9.17, 15) is 0 Å². The van der Waals surface area contributed by atoms with Crippen LogP contribution in [0.4, 0.5) is 0 Å². The Morgan fingerprint density at radius 2 is 0.788 bits per heavy atom. The first-order valence-corrected chi connectivity index (χ1v) is 22.7. The number of fused-ring (bicyclic) bond motifs is 12. The molecule has 304 valence electrons. The Kier molecular flexibility index (Phi) is 7.19. The molecule has 0 N–H and O–H groups in total. The zero-order valence-corrected chi connectivity index (χ0v) is 35.6. The molecule has 0 amide bonds. The number of hydrogen-bond donors (Lipinski definition) is 0. The van der Waals surface area contributed by atoms with Crippen molar-refractivity contribution in [1.82, 2.24) is 19.1 Å². The summed E-state index contributed by atoms with van der Waals surface area (Å²) in [6, 6.07) is 79.5. The van der Waals surface area contributed by atoms with Gasteiger partial charge in [0.2, 0.25) is 5.95 Å². The summed E-state index contributed by atoms with van der Waals surface area (Å²) in [7, 11) is 0. The Labute approximate surface area is 378 Å². The van der Waals surface area contributed by atoms with E-state index in [0.29, 0.717) is 5.95 Å². The highest BCUT2D eigenvalue weighted by Crippen LogP contribution is 2.49. The van der Waals surface area contributed by atoms with Crippen molar-refractivity contribution >= 4 is 108 Å². The van der Waals surface area contributed by atoms with E-state index < -0.39 is 0 Å². The van der Waals surface area contributed by atoms with Gasteiger partial charge in [0, 0.05) is 38.2 Å². The largest absolute Gasteiger partial charge is 0.309 e. The Morgan fingerprint density at radius 1 is 0.288 bits per heavy atom. The van der Waals surface area contributed by atoms with Crippen LogP contribution in [0.1, 0.15) is 0 Å². The third-order valence-corrected chi connectivity index (χ3v) is 14.2. The molecule has 15 rings (SSSR count). The minimum absolute atomic E-state index is 0.650. The molecular formula is C62H36N4. The van der Waals surface area contributed by atoms with Crippen LogP contribution in [0.15, 0.2) is 218 Å². The second-order valence-corrected chi connectivity index (χ2v) is 17.6. The fraction of sp³-hybridized carbons (Fsp3) is 0.